The molecule has 0 aliphatic heterocycles. The SMILES string of the molecule is O=C(NC(=O)c1ccccc1Br)Nc1cccc(C(=O)O)c1. The van der Waals surface area contributed by atoms with Crippen molar-refractivity contribution >= 4 is 39.5 Å². The summed E-state index contributed by atoms with van der Waals surface area (Å²) < 4.78 is 0.563. The maximum Gasteiger partial charge on any atom is 0.335 e. The zero-order valence-corrected chi connectivity index (χ0v) is 12.8. The molecule has 0 unspecified atom stereocenters. The van der Waals surface area contributed by atoms with Gasteiger partial charge in [0, 0.05) is 10.2 Å². The van der Waals surface area contributed by atoms with Gasteiger partial charge in [0.2, 0.25) is 0 Å². The predicted octanol–water partition coefficient (Wildman–Crippen LogP) is 3.11. The molecule has 2 rings (SSSR count). The average Bonchev–Trinajstić information content (AvgIpc) is 2.47. The zero-order chi connectivity index (χ0) is 16.1. The Morgan fingerprint density at radius 2 is 1.73 bits per heavy atom. The molecule has 3 N–H and O–H groups in total. The topological polar surface area (TPSA) is 95.5 Å². The fraction of sp³-hybridized carbons (Fsp3) is 0. The van der Waals surface area contributed by atoms with E-state index in [4.69, 9.17) is 5.11 Å². The van der Waals surface area contributed by atoms with Crippen LogP contribution in [-0.4, -0.2) is 23.0 Å². The van der Waals surface area contributed by atoms with Crippen LogP contribution in [0.4, 0.5) is 10.5 Å². The molecule has 112 valence electrons. The maximum absolute atomic E-state index is 11.9. The standard InChI is InChI=1S/C15H11BrN2O4/c16-12-7-2-1-6-11(12)13(19)18-15(22)17-10-5-3-4-9(8-10)14(20)21/h1-8H,(H,20,21)(H2,17,18,19,22). The lowest BCUT2D eigenvalue weighted by Gasteiger charge is -2.08. The summed E-state index contributed by atoms with van der Waals surface area (Å²) in [6, 6.07) is 11.6. The molecule has 22 heavy (non-hydrogen) atoms. The van der Waals surface area contributed by atoms with Gasteiger partial charge in [0.1, 0.15) is 0 Å². The molecule has 0 atom stereocenters. The summed E-state index contributed by atoms with van der Waals surface area (Å²) in [7, 11) is 0. The van der Waals surface area contributed by atoms with Crippen molar-refractivity contribution in [2.24, 2.45) is 0 Å². The lowest BCUT2D eigenvalue weighted by Crippen LogP contribution is -2.34. The number of aromatic carboxylic acids is 1. The highest BCUT2D eigenvalue weighted by molar-refractivity contribution is 9.10. The summed E-state index contributed by atoms with van der Waals surface area (Å²) in [5, 5.41) is 13.5. The number of amides is 3. The minimum atomic E-state index is -1.10. The molecule has 0 bridgehead atoms. The van der Waals surface area contributed by atoms with E-state index in [9.17, 15) is 14.4 Å². The molecule has 7 heteroatoms. The van der Waals surface area contributed by atoms with Crippen molar-refractivity contribution in [3.8, 4) is 0 Å². The van der Waals surface area contributed by atoms with Gasteiger partial charge >= 0.3 is 12.0 Å². The molecular formula is C15H11BrN2O4. The number of imide groups is 1. The molecule has 2 aromatic rings. The summed E-state index contributed by atoms with van der Waals surface area (Å²) in [5.74, 6) is -1.67. The molecule has 0 saturated heterocycles. The molecule has 2 aromatic carbocycles. The normalized spacial score (nSPS) is 9.86. The number of benzene rings is 2. The maximum atomic E-state index is 11.9. The van der Waals surface area contributed by atoms with Crippen LogP contribution in [0.2, 0.25) is 0 Å². The number of urea groups is 1. The van der Waals surface area contributed by atoms with E-state index < -0.39 is 17.9 Å². The third-order valence-corrected chi connectivity index (χ3v) is 3.40. The summed E-state index contributed by atoms with van der Waals surface area (Å²) in [4.78, 5) is 34.6. The first-order valence-corrected chi connectivity index (χ1v) is 6.97. The molecular weight excluding hydrogens is 352 g/mol. The molecule has 0 aromatic heterocycles. The average molecular weight is 363 g/mol. The van der Waals surface area contributed by atoms with Gasteiger partial charge in [-0.15, -0.1) is 0 Å². The molecule has 0 radical (unpaired) electrons. The van der Waals surface area contributed by atoms with Crippen LogP contribution in [-0.2, 0) is 0 Å². The zero-order valence-electron chi connectivity index (χ0n) is 11.2. The van der Waals surface area contributed by atoms with Crippen LogP contribution < -0.4 is 10.6 Å². The first kappa shape index (κ1) is 15.7. The lowest BCUT2D eigenvalue weighted by atomic mass is 10.2. The monoisotopic (exact) mass is 362 g/mol. The highest BCUT2D eigenvalue weighted by Gasteiger charge is 2.13. The van der Waals surface area contributed by atoms with Gasteiger partial charge in [0.25, 0.3) is 5.91 Å². The largest absolute Gasteiger partial charge is 0.478 e. The van der Waals surface area contributed by atoms with Gasteiger partial charge in [0.15, 0.2) is 0 Å². The highest BCUT2D eigenvalue weighted by atomic mass is 79.9. The lowest BCUT2D eigenvalue weighted by molar-refractivity contribution is 0.0696. The Morgan fingerprint density at radius 3 is 2.41 bits per heavy atom. The Balaban J connectivity index is 2.04. The number of carboxylic acid groups (broad SMARTS) is 1. The predicted molar refractivity (Wildman–Crippen MR) is 84.0 cm³/mol. The van der Waals surface area contributed by atoms with Crippen molar-refractivity contribution in [1.29, 1.82) is 0 Å². The van der Waals surface area contributed by atoms with Crippen molar-refractivity contribution in [2.45, 2.75) is 0 Å². The second-order valence-electron chi connectivity index (χ2n) is 4.27. The van der Waals surface area contributed by atoms with Crippen LogP contribution in [0, 0.1) is 0 Å². The molecule has 0 aliphatic rings. The van der Waals surface area contributed by atoms with Gasteiger partial charge in [-0.25, -0.2) is 9.59 Å². The number of halogens is 1. The number of rotatable bonds is 3. The molecule has 0 aliphatic carbocycles. The third kappa shape index (κ3) is 3.92. The number of hydrogen-bond donors (Lipinski definition) is 3. The minimum Gasteiger partial charge on any atom is -0.478 e. The third-order valence-electron chi connectivity index (χ3n) is 2.71. The molecule has 3 amide bonds. The van der Waals surface area contributed by atoms with E-state index in [1.54, 1.807) is 24.3 Å². The van der Waals surface area contributed by atoms with Gasteiger partial charge in [-0.3, -0.25) is 10.1 Å². The number of carbonyl (C=O) groups excluding carboxylic acids is 2. The Morgan fingerprint density at radius 1 is 1.00 bits per heavy atom. The van der Waals surface area contributed by atoms with Gasteiger partial charge in [-0.05, 0) is 46.3 Å². The summed E-state index contributed by atoms with van der Waals surface area (Å²) in [6.07, 6.45) is 0. The van der Waals surface area contributed by atoms with E-state index in [0.29, 0.717) is 10.0 Å². The highest BCUT2D eigenvalue weighted by Crippen LogP contribution is 2.15. The number of hydrogen-bond acceptors (Lipinski definition) is 3. The van der Waals surface area contributed by atoms with Crippen molar-refractivity contribution in [3.05, 3.63) is 64.1 Å². The van der Waals surface area contributed by atoms with E-state index in [1.165, 1.54) is 24.3 Å². The van der Waals surface area contributed by atoms with E-state index >= 15 is 0 Å². The van der Waals surface area contributed by atoms with Crippen molar-refractivity contribution in [2.75, 3.05) is 5.32 Å². The second-order valence-corrected chi connectivity index (χ2v) is 5.13. The Hall–Kier alpha value is -2.67. The van der Waals surface area contributed by atoms with Crippen molar-refractivity contribution < 1.29 is 19.5 Å². The minimum absolute atomic E-state index is 0.0370. The quantitative estimate of drug-likeness (QED) is 0.781. The number of carbonyl (C=O) groups is 3. The molecule has 6 nitrogen and oxygen atoms in total. The Labute approximate surface area is 134 Å². The van der Waals surface area contributed by atoms with E-state index in [0.717, 1.165) is 0 Å². The van der Waals surface area contributed by atoms with Crippen LogP contribution in [0.1, 0.15) is 20.7 Å². The molecule has 0 saturated carbocycles. The van der Waals surface area contributed by atoms with Crippen LogP contribution in [0.3, 0.4) is 0 Å². The van der Waals surface area contributed by atoms with E-state index in [1.807, 2.05) is 0 Å². The van der Waals surface area contributed by atoms with Gasteiger partial charge in [0.05, 0.1) is 11.1 Å². The first-order chi connectivity index (χ1) is 10.5. The second kappa shape index (κ2) is 6.86. The number of carboxylic acids is 1. The fourth-order valence-electron chi connectivity index (χ4n) is 1.71. The Kier molecular flexibility index (Phi) is 4.90. The number of nitrogens with one attached hydrogen (secondary N) is 2. The van der Waals surface area contributed by atoms with Crippen LogP contribution in [0.5, 0.6) is 0 Å². The van der Waals surface area contributed by atoms with E-state index in [-0.39, 0.29) is 11.3 Å². The molecule has 0 spiro atoms. The Bertz CT molecular complexity index is 746. The fourth-order valence-corrected chi connectivity index (χ4v) is 2.17. The van der Waals surface area contributed by atoms with Gasteiger partial charge in [-0.2, -0.15) is 0 Å². The van der Waals surface area contributed by atoms with E-state index in [2.05, 4.69) is 26.6 Å². The van der Waals surface area contributed by atoms with Crippen LogP contribution >= 0.6 is 15.9 Å². The number of anilines is 1. The molecule has 0 fully saturated rings. The van der Waals surface area contributed by atoms with Crippen molar-refractivity contribution in [3.63, 3.8) is 0 Å². The van der Waals surface area contributed by atoms with Gasteiger partial charge in [-0.1, -0.05) is 18.2 Å². The summed E-state index contributed by atoms with van der Waals surface area (Å²) in [5.41, 5.74) is 0.629. The van der Waals surface area contributed by atoms with Crippen molar-refractivity contribution in [1.82, 2.24) is 5.32 Å². The van der Waals surface area contributed by atoms with Crippen LogP contribution in [0.25, 0.3) is 0 Å². The van der Waals surface area contributed by atoms with Gasteiger partial charge < -0.3 is 10.4 Å². The van der Waals surface area contributed by atoms with Crippen LogP contribution in [0.15, 0.2) is 53.0 Å². The smallest absolute Gasteiger partial charge is 0.335 e. The summed E-state index contributed by atoms with van der Waals surface area (Å²) >= 11 is 3.22. The first-order valence-electron chi connectivity index (χ1n) is 6.17. The summed E-state index contributed by atoms with van der Waals surface area (Å²) in [6.45, 7) is 0. The molecule has 0 heterocycles.